The molecular formula is C21H22FN5OS. The third kappa shape index (κ3) is 4.47. The van der Waals surface area contributed by atoms with Crippen LogP contribution < -0.4 is 10.6 Å². The van der Waals surface area contributed by atoms with E-state index in [-0.39, 0.29) is 24.5 Å². The van der Waals surface area contributed by atoms with Crippen molar-refractivity contribution in [2.75, 3.05) is 10.6 Å². The molecule has 0 aliphatic heterocycles. The van der Waals surface area contributed by atoms with Crippen LogP contribution >= 0.6 is 11.3 Å². The van der Waals surface area contributed by atoms with Crippen LogP contribution in [0.2, 0.25) is 0 Å². The largest absolute Gasteiger partial charge is 0.391 e. The van der Waals surface area contributed by atoms with Gasteiger partial charge in [-0.25, -0.2) is 14.4 Å². The number of aliphatic hydroxyl groups is 1. The second-order valence-electron chi connectivity index (χ2n) is 7.03. The third-order valence-electron chi connectivity index (χ3n) is 4.96. The van der Waals surface area contributed by atoms with Gasteiger partial charge in [-0.2, -0.15) is 0 Å². The fraction of sp³-hybridized carbons (Fsp3) is 0.381. The number of thiazole rings is 1. The van der Waals surface area contributed by atoms with Gasteiger partial charge in [0.1, 0.15) is 17.3 Å². The van der Waals surface area contributed by atoms with Gasteiger partial charge in [0, 0.05) is 12.1 Å². The molecule has 3 N–H and O–H groups in total. The Morgan fingerprint density at radius 3 is 2.93 bits per heavy atom. The lowest BCUT2D eigenvalue weighted by atomic mass is 9.93. The number of anilines is 2. The van der Waals surface area contributed by atoms with Crippen LogP contribution in [-0.4, -0.2) is 32.2 Å². The molecule has 150 valence electrons. The predicted molar refractivity (Wildman–Crippen MR) is 113 cm³/mol. The summed E-state index contributed by atoms with van der Waals surface area (Å²) in [6.07, 6.45) is 6.61. The number of halogens is 1. The van der Waals surface area contributed by atoms with E-state index in [1.807, 2.05) is 6.07 Å². The number of benzene rings is 1. The van der Waals surface area contributed by atoms with Crippen molar-refractivity contribution in [3.8, 4) is 11.8 Å². The quantitative estimate of drug-likeness (QED) is 0.552. The molecule has 3 aromatic rings. The smallest absolute Gasteiger partial charge is 0.184 e. The van der Waals surface area contributed by atoms with E-state index in [2.05, 4.69) is 37.4 Å². The fourth-order valence-corrected chi connectivity index (χ4v) is 4.45. The zero-order chi connectivity index (χ0) is 20.2. The van der Waals surface area contributed by atoms with Gasteiger partial charge in [0.05, 0.1) is 34.8 Å². The van der Waals surface area contributed by atoms with E-state index in [0.29, 0.717) is 32.4 Å². The SMILES string of the molecule is CC#Cc1cncc(NCc2ccc3nc(NC4CCCC[C@H]4O)sc3c2F)n1. The molecule has 2 aromatic heterocycles. The summed E-state index contributed by atoms with van der Waals surface area (Å²) in [7, 11) is 0. The summed E-state index contributed by atoms with van der Waals surface area (Å²) in [5.74, 6) is 5.89. The number of nitrogens with one attached hydrogen (secondary N) is 2. The molecule has 1 aliphatic carbocycles. The summed E-state index contributed by atoms with van der Waals surface area (Å²) >= 11 is 1.28. The van der Waals surface area contributed by atoms with Gasteiger partial charge in [0.25, 0.3) is 0 Å². The zero-order valence-electron chi connectivity index (χ0n) is 16.1. The standard InChI is InChI=1S/C21H22FN5OS/c1-2-5-14-11-23-12-18(25-14)24-10-13-8-9-16-20(19(13)22)29-21(27-16)26-15-6-3-4-7-17(15)28/h8-9,11-12,15,17,28H,3-4,6-7,10H2,1H3,(H,24,25)(H,26,27)/t15?,17-/m1/s1. The molecule has 0 bridgehead atoms. The van der Waals surface area contributed by atoms with Crippen molar-refractivity contribution in [3.05, 3.63) is 41.6 Å². The normalized spacial score (nSPS) is 18.9. The summed E-state index contributed by atoms with van der Waals surface area (Å²) in [4.78, 5) is 12.9. The van der Waals surface area contributed by atoms with E-state index in [4.69, 9.17) is 0 Å². The Morgan fingerprint density at radius 2 is 2.10 bits per heavy atom. The van der Waals surface area contributed by atoms with Gasteiger partial charge < -0.3 is 15.7 Å². The Kier molecular flexibility index (Phi) is 5.88. The number of aromatic nitrogens is 3. The fourth-order valence-electron chi connectivity index (χ4n) is 3.46. The van der Waals surface area contributed by atoms with E-state index < -0.39 is 0 Å². The van der Waals surface area contributed by atoms with Crippen molar-refractivity contribution >= 4 is 32.5 Å². The molecule has 1 aromatic carbocycles. The van der Waals surface area contributed by atoms with Crippen LogP contribution in [0.15, 0.2) is 24.5 Å². The number of fused-ring (bicyclic) bond motifs is 1. The molecular weight excluding hydrogens is 389 g/mol. The van der Waals surface area contributed by atoms with Crippen LogP contribution in [-0.2, 0) is 6.54 Å². The first-order valence-corrected chi connectivity index (χ1v) is 10.5. The van der Waals surface area contributed by atoms with Crippen LogP contribution in [0.3, 0.4) is 0 Å². The van der Waals surface area contributed by atoms with Crippen LogP contribution in [0.25, 0.3) is 10.2 Å². The molecule has 1 fully saturated rings. The number of rotatable bonds is 5. The predicted octanol–water partition coefficient (Wildman–Crippen LogP) is 3.92. The van der Waals surface area contributed by atoms with Crippen molar-refractivity contribution in [1.29, 1.82) is 0 Å². The number of hydrogen-bond donors (Lipinski definition) is 3. The Morgan fingerprint density at radius 1 is 1.24 bits per heavy atom. The molecule has 0 saturated heterocycles. The molecule has 1 saturated carbocycles. The van der Waals surface area contributed by atoms with Gasteiger partial charge in [-0.1, -0.05) is 36.2 Å². The van der Waals surface area contributed by atoms with E-state index in [1.165, 1.54) is 11.3 Å². The third-order valence-corrected chi connectivity index (χ3v) is 5.96. The molecule has 4 rings (SSSR count). The lowest BCUT2D eigenvalue weighted by Gasteiger charge is -2.27. The van der Waals surface area contributed by atoms with E-state index in [0.717, 1.165) is 25.7 Å². The van der Waals surface area contributed by atoms with Crippen LogP contribution in [0.5, 0.6) is 0 Å². The Hall–Kier alpha value is -2.76. The number of nitrogens with zero attached hydrogens (tertiary/aromatic N) is 3. The molecule has 6 nitrogen and oxygen atoms in total. The Labute approximate surface area is 172 Å². The first kappa shape index (κ1) is 19.6. The monoisotopic (exact) mass is 411 g/mol. The van der Waals surface area contributed by atoms with Gasteiger partial charge in [-0.3, -0.25) is 4.98 Å². The summed E-state index contributed by atoms with van der Waals surface area (Å²) in [5.41, 5.74) is 1.71. The highest BCUT2D eigenvalue weighted by Crippen LogP contribution is 2.32. The highest BCUT2D eigenvalue weighted by Gasteiger charge is 2.24. The highest BCUT2D eigenvalue weighted by atomic mass is 32.1. The molecule has 2 heterocycles. The zero-order valence-corrected chi connectivity index (χ0v) is 16.9. The minimum absolute atomic E-state index is 0.0226. The first-order chi connectivity index (χ1) is 14.1. The second-order valence-corrected chi connectivity index (χ2v) is 8.03. The van der Waals surface area contributed by atoms with Crippen molar-refractivity contribution in [3.63, 3.8) is 0 Å². The highest BCUT2D eigenvalue weighted by molar-refractivity contribution is 7.22. The molecule has 29 heavy (non-hydrogen) atoms. The Bertz CT molecular complexity index is 1070. The molecule has 1 aliphatic rings. The van der Waals surface area contributed by atoms with E-state index in [1.54, 1.807) is 25.4 Å². The molecule has 0 spiro atoms. The molecule has 0 radical (unpaired) electrons. The van der Waals surface area contributed by atoms with Crippen LogP contribution in [0.1, 0.15) is 43.9 Å². The topological polar surface area (TPSA) is 83.0 Å². The molecule has 0 amide bonds. The summed E-state index contributed by atoms with van der Waals surface area (Å²) in [5, 5.41) is 17.2. The van der Waals surface area contributed by atoms with Gasteiger partial charge in [-0.15, -0.1) is 0 Å². The average Bonchev–Trinajstić information content (AvgIpc) is 3.13. The van der Waals surface area contributed by atoms with Gasteiger partial charge in [0.2, 0.25) is 0 Å². The van der Waals surface area contributed by atoms with Gasteiger partial charge in [-0.05, 0) is 31.8 Å². The minimum atomic E-state index is -0.380. The molecule has 2 atom stereocenters. The lowest BCUT2D eigenvalue weighted by molar-refractivity contribution is 0.116. The van der Waals surface area contributed by atoms with Crippen molar-refractivity contribution in [1.82, 2.24) is 15.0 Å². The van der Waals surface area contributed by atoms with Gasteiger partial charge >= 0.3 is 0 Å². The maximum absolute atomic E-state index is 15.0. The maximum Gasteiger partial charge on any atom is 0.184 e. The van der Waals surface area contributed by atoms with Crippen molar-refractivity contribution in [2.24, 2.45) is 0 Å². The summed E-state index contributed by atoms with van der Waals surface area (Å²) in [6, 6.07) is 3.52. The maximum atomic E-state index is 15.0. The van der Waals surface area contributed by atoms with E-state index in [9.17, 15) is 5.11 Å². The van der Waals surface area contributed by atoms with Crippen LogP contribution in [0, 0.1) is 17.7 Å². The lowest BCUT2D eigenvalue weighted by Crippen LogP contribution is -2.36. The second kappa shape index (κ2) is 8.72. The van der Waals surface area contributed by atoms with Crippen molar-refractivity contribution in [2.45, 2.75) is 51.3 Å². The summed E-state index contributed by atoms with van der Waals surface area (Å²) < 4.78 is 15.5. The molecule has 8 heteroatoms. The van der Waals surface area contributed by atoms with E-state index >= 15 is 4.39 Å². The summed E-state index contributed by atoms with van der Waals surface area (Å²) in [6.45, 7) is 2.01. The number of aliphatic hydroxyl groups excluding tert-OH is 1. The van der Waals surface area contributed by atoms with Crippen LogP contribution in [0.4, 0.5) is 15.3 Å². The first-order valence-electron chi connectivity index (χ1n) is 9.65. The van der Waals surface area contributed by atoms with Crippen molar-refractivity contribution < 1.29 is 9.50 Å². The Balaban J connectivity index is 1.50. The molecule has 1 unspecified atom stereocenters. The minimum Gasteiger partial charge on any atom is -0.391 e. The van der Waals surface area contributed by atoms with Gasteiger partial charge in [0.15, 0.2) is 5.13 Å². The average molecular weight is 412 g/mol. The number of hydrogen-bond acceptors (Lipinski definition) is 7.